The van der Waals surface area contributed by atoms with Crippen molar-refractivity contribution in [3.8, 4) is 0 Å². The number of carbonyl (C=O) groups is 1. The Bertz CT molecular complexity index is 103. The average molecular weight is 181 g/mol. The first kappa shape index (κ1) is 15.9. The van der Waals surface area contributed by atoms with Crippen LogP contribution in [-0.4, -0.2) is 13.1 Å². The van der Waals surface area contributed by atoms with Gasteiger partial charge in [0.05, 0.1) is 7.11 Å². The van der Waals surface area contributed by atoms with Crippen LogP contribution in [0.2, 0.25) is 0 Å². The molecule has 0 aromatic carbocycles. The standard InChI is InChI=1S/C5H8O2.Cu.H3N/c1-4(2)5(6)7-3;;/h1H2,2-3H3;;1H3/q;+2;. The molecule has 0 spiro atoms. The summed E-state index contributed by atoms with van der Waals surface area (Å²) in [5, 5.41) is 0. The summed E-state index contributed by atoms with van der Waals surface area (Å²) in [6.07, 6.45) is 0. The zero-order valence-electron chi connectivity index (χ0n) is 5.53. The molecule has 1 radical (unpaired) electrons. The Morgan fingerprint density at radius 1 is 1.56 bits per heavy atom. The molecular formula is C5H11CuNO2+2. The van der Waals surface area contributed by atoms with Gasteiger partial charge in [-0.15, -0.1) is 0 Å². The Morgan fingerprint density at radius 3 is 1.89 bits per heavy atom. The van der Waals surface area contributed by atoms with E-state index in [1.807, 2.05) is 0 Å². The molecule has 0 saturated heterocycles. The van der Waals surface area contributed by atoms with Gasteiger partial charge in [-0.1, -0.05) is 6.58 Å². The minimum absolute atomic E-state index is 0. The molecule has 3 N–H and O–H groups in total. The van der Waals surface area contributed by atoms with Crippen molar-refractivity contribution in [3.63, 3.8) is 0 Å². The predicted octanol–water partition coefficient (Wildman–Crippen LogP) is 0.895. The molecule has 9 heavy (non-hydrogen) atoms. The maximum absolute atomic E-state index is 10.2. The summed E-state index contributed by atoms with van der Waals surface area (Å²) in [4.78, 5) is 10.2. The summed E-state index contributed by atoms with van der Waals surface area (Å²) < 4.78 is 4.27. The Hall–Kier alpha value is -0.311. The molecule has 0 aromatic rings. The number of hydrogen-bond donors (Lipinski definition) is 1. The van der Waals surface area contributed by atoms with Gasteiger partial charge in [0.15, 0.2) is 0 Å². The number of methoxy groups -OCH3 is 1. The quantitative estimate of drug-likeness (QED) is 0.371. The van der Waals surface area contributed by atoms with Gasteiger partial charge in [0, 0.05) is 5.57 Å². The summed E-state index contributed by atoms with van der Waals surface area (Å²) in [7, 11) is 1.33. The van der Waals surface area contributed by atoms with Gasteiger partial charge in [0.1, 0.15) is 0 Å². The second-order valence-electron chi connectivity index (χ2n) is 1.27. The molecule has 0 amide bonds. The third kappa shape index (κ3) is 7.69. The molecule has 3 nitrogen and oxygen atoms in total. The third-order valence-corrected chi connectivity index (χ3v) is 0.534. The van der Waals surface area contributed by atoms with Crippen molar-refractivity contribution in [2.24, 2.45) is 0 Å². The number of rotatable bonds is 1. The predicted molar refractivity (Wildman–Crippen MR) is 31.9 cm³/mol. The average Bonchev–Trinajstić information content (AvgIpc) is 1.65. The minimum atomic E-state index is -0.347. The number of hydrogen-bond acceptors (Lipinski definition) is 3. The van der Waals surface area contributed by atoms with E-state index in [1.54, 1.807) is 6.92 Å². The van der Waals surface area contributed by atoms with Gasteiger partial charge in [-0.3, -0.25) is 0 Å². The monoisotopic (exact) mass is 180 g/mol. The van der Waals surface area contributed by atoms with Crippen molar-refractivity contribution in [3.05, 3.63) is 12.2 Å². The second-order valence-corrected chi connectivity index (χ2v) is 1.27. The molecule has 0 heterocycles. The normalized spacial score (nSPS) is 6.00. The van der Waals surface area contributed by atoms with Gasteiger partial charge >= 0.3 is 23.0 Å². The summed E-state index contributed by atoms with van der Waals surface area (Å²) >= 11 is 0. The van der Waals surface area contributed by atoms with E-state index in [0.29, 0.717) is 5.57 Å². The Balaban J connectivity index is -0.000000180. The second kappa shape index (κ2) is 7.69. The molecule has 0 saturated carbocycles. The molecule has 0 bridgehead atoms. The molecule has 4 heteroatoms. The first-order valence-electron chi connectivity index (χ1n) is 1.92. The molecule has 0 aliphatic heterocycles. The molecule has 0 unspecified atom stereocenters. The van der Waals surface area contributed by atoms with Crippen LogP contribution in [0, 0.1) is 0 Å². The van der Waals surface area contributed by atoms with Crippen LogP contribution < -0.4 is 6.15 Å². The van der Waals surface area contributed by atoms with Gasteiger partial charge < -0.3 is 10.9 Å². The van der Waals surface area contributed by atoms with E-state index in [2.05, 4.69) is 11.3 Å². The van der Waals surface area contributed by atoms with Gasteiger partial charge in [-0.25, -0.2) is 4.79 Å². The molecule has 0 fully saturated rings. The summed E-state index contributed by atoms with van der Waals surface area (Å²) in [5.41, 5.74) is 0.433. The SMILES string of the molecule is C=C(C)C(=O)OC.N.[Cu+2]. The van der Waals surface area contributed by atoms with E-state index in [9.17, 15) is 4.79 Å². The molecule has 0 aromatic heterocycles. The fourth-order valence-electron chi connectivity index (χ4n) is 0.174. The van der Waals surface area contributed by atoms with E-state index in [-0.39, 0.29) is 29.2 Å². The van der Waals surface area contributed by atoms with Gasteiger partial charge in [0.2, 0.25) is 0 Å². The van der Waals surface area contributed by atoms with Gasteiger partial charge in [-0.05, 0) is 6.92 Å². The van der Waals surface area contributed by atoms with Crippen molar-refractivity contribution < 1.29 is 26.6 Å². The maximum Gasteiger partial charge on any atom is 2.00 e. The van der Waals surface area contributed by atoms with Crippen molar-refractivity contribution in [1.29, 1.82) is 0 Å². The fourth-order valence-corrected chi connectivity index (χ4v) is 0.174. The van der Waals surface area contributed by atoms with E-state index < -0.39 is 0 Å². The van der Waals surface area contributed by atoms with Crippen LogP contribution in [0.4, 0.5) is 0 Å². The summed E-state index contributed by atoms with van der Waals surface area (Å²) in [6, 6.07) is 0. The van der Waals surface area contributed by atoms with E-state index in [4.69, 9.17) is 0 Å². The molecule has 0 aliphatic rings. The summed E-state index contributed by atoms with van der Waals surface area (Å²) in [6.45, 7) is 4.95. The van der Waals surface area contributed by atoms with Crippen molar-refractivity contribution in [2.75, 3.05) is 7.11 Å². The van der Waals surface area contributed by atoms with E-state index in [0.717, 1.165) is 0 Å². The minimum Gasteiger partial charge on any atom is -0.466 e. The zero-order chi connectivity index (χ0) is 5.86. The first-order valence-corrected chi connectivity index (χ1v) is 1.92. The van der Waals surface area contributed by atoms with Crippen molar-refractivity contribution in [2.45, 2.75) is 6.92 Å². The van der Waals surface area contributed by atoms with Crippen LogP contribution in [0.1, 0.15) is 6.92 Å². The topological polar surface area (TPSA) is 61.3 Å². The Morgan fingerprint density at radius 2 is 1.89 bits per heavy atom. The maximum atomic E-state index is 10.2. The Labute approximate surface area is 65.5 Å². The molecule has 0 aliphatic carbocycles. The van der Waals surface area contributed by atoms with Gasteiger partial charge in [0.25, 0.3) is 0 Å². The largest absolute Gasteiger partial charge is 2.00 e. The summed E-state index contributed by atoms with van der Waals surface area (Å²) in [5.74, 6) is -0.347. The number of ether oxygens (including phenoxy) is 1. The molecule has 0 rings (SSSR count). The van der Waals surface area contributed by atoms with Crippen LogP contribution in [0.5, 0.6) is 0 Å². The van der Waals surface area contributed by atoms with Crippen LogP contribution in [0.3, 0.4) is 0 Å². The first-order chi connectivity index (χ1) is 3.18. The number of carbonyl (C=O) groups excluding carboxylic acids is 1. The van der Waals surface area contributed by atoms with Crippen molar-refractivity contribution in [1.82, 2.24) is 6.15 Å². The van der Waals surface area contributed by atoms with Crippen LogP contribution in [0.25, 0.3) is 0 Å². The van der Waals surface area contributed by atoms with E-state index >= 15 is 0 Å². The van der Waals surface area contributed by atoms with Crippen LogP contribution >= 0.6 is 0 Å². The van der Waals surface area contributed by atoms with Crippen LogP contribution in [0.15, 0.2) is 12.2 Å². The van der Waals surface area contributed by atoms with Crippen molar-refractivity contribution >= 4 is 5.97 Å². The smallest absolute Gasteiger partial charge is 0.466 e. The third-order valence-electron chi connectivity index (χ3n) is 0.534. The van der Waals surface area contributed by atoms with Gasteiger partial charge in [-0.2, -0.15) is 0 Å². The molecule has 57 valence electrons. The van der Waals surface area contributed by atoms with Crippen LogP contribution in [-0.2, 0) is 26.6 Å². The molecule has 0 atom stereocenters. The Kier molecular flexibility index (Phi) is 13.6. The fraction of sp³-hybridized carbons (Fsp3) is 0.400. The number of esters is 1. The van der Waals surface area contributed by atoms with E-state index in [1.165, 1.54) is 7.11 Å². The zero-order valence-corrected chi connectivity index (χ0v) is 6.47. The molecular weight excluding hydrogens is 170 g/mol.